The number of rotatable bonds is 5. The van der Waals surface area contributed by atoms with Crippen LogP contribution >= 0.6 is 0 Å². The first-order chi connectivity index (χ1) is 9.99. The van der Waals surface area contributed by atoms with Crippen molar-refractivity contribution < 1.29 is 14.2 Å². The number of methoxy groups -OCH3 is 1. The van der Waals surface area contributed by atoms with Crippen molar-refractivity contribution in [3.05, 3.63) is 29.6 Å². The minimum atomic E-state index is -0.424. The molecule has 2 rings (SSSR count). The molecule has 1 aromatic rings. The molecule has 1 atom stereocenters. The van der Waals surface area contributed by atoms with E-state index in [4.69, 9.17) is 4.74 Å². The van der Waals surface area contributed by atoms with Gasteiger partial charge in [0.1, 0.15) is 11.6 Å². The van der Waals surface area contributed by atoms with E-state index in [1.165, 1.54) is 13.2 Å². The molecule has 1 aromatic carbocycles. The van der Waals surface area contributed by atoms with E-state index in [1.807, 2.05) is 13.8 Å². The summed E-state index contributed by atoms with van der Waals surface area (Å²) in [5, 5.41) is 13.1. The Labute approximate surface area is 125 Å². The Kier molecular flexibility index (Phi) is 5.19. The van der Waals surface area contributed by atoms with Gasteiger partial charge in [-0.2, -0.15) is 0 Å². The van der Waals surface area contributed by atoms with Gasteiger partial charge in [-0.05, 0) is 6.07 Å². The summed E-state index contributed by atoms with van der Waals surface area (Å²) in [6.45, 7) is 7.42. The van der Waals surface area contributed by atoms with Gasteiger partial charge >= 0.3 is 0 Å². The van der Waals surface area contributed by atoms with Gasteiger partial charge in [0.25, 0.3) is 0 Å². The van der Waals surface area contributed by atoms with E-state index < -0.39 is 5.41 Å². The number of hydrogen-bond acceptors (Lipinski definition) is 4. The minimum Gasteiger partial charge on any atom is -0.497 e. The molecule has 0 spiro atoms. The molecule has 1 heterocycles. The first-order valence-electron chi connectivity index (χ1n) is 7.38. The quantitative estimate of drug-likeness (QED) is 0.870. The third-order valence-corrected chi connectivity index (χ3v) is 4.17. The van der Waals surface area contributed by atoms with Gasteiger partial charge in [-0.3, -0.25) is 4.90 Å². The predicted octanol–water partition coefficient (Wildman–Crippen LogP) is 1.80. The van der Waals surface area contributed by atoms with Crippen molar-refractivity contribution in [1.29, 1.82) is 0 Å². The van der Waals surface area contributed by atoms with Crippen LogP contribution in [0.2, 0.25) is 0 Å². The molecule has 21 heavy (non-hydrogen) atoms. The molecule has 0 aliphatic carbocycles. The molecule has 0 unspecified atom stereocenters. The normalized spacial score (nSPS) is 18.5. The van der Waals surface area contributed by atoms with Crippen LogP contribution in [0.25, 0.3) is 0 Å². The van der Waals surface area contributed by atoms with E-state index in [2.05, 4.69) is 10.2 Å². The van der Waals surface area contributed by atoms with Crippen LogP contribution in [0.15, 0.2) is 18.2 Å². The summed E-state index contributed by atoms with van der Waals surface area (Å²) in [7, 11) is 1.53. The first-order valence-corrected chi connectivity index (χ1v) is 7.38. The van der Waals surface area contributed by atoms with Crippen LogP contribution in [-0.2, 0) is 0 Å². The smallest absolute Gasteiger partial charge is 0.131 e. The van der Waals surface area contributed by atoms with E-state index in [1.54, 1.807) is 12.1 Å². The zero-order valence-corrected chi connectivity index (χ0v) is 13.0. The van der Waals surface area contributed by atoms with E-state index >= 15 is 0 Å². The molecule has 0 amide bonds. The zero-order chi connectivity index (χ0) is 15.5. The molecule has 5 heteroatoms. The number of hydrogen-bond donors (Lipinski definition) is 2. The Morgan fingerprint density at radius 1 is 1.38 bits per heavy atom. The number of piperazine rings is 1. The van der Waals surface area contributed by atoms with E-state index in [9.17, 15) is 9.50 Å². The largest absolute Gasteiger partial charge is 0.497 e. The summed E-state index contributed by atoms with van der Waals surface area (Å²) >= 11 is 0. The fraction of sp³-hybridized carbons (Fsp3) is 0.625. The van der Waals surface area contributed by atoms with Crippen LogP contribution in [0.1, 0.15) is 25.5 Å². The van der Waals surface area contributed by atoms with Gasteiger partial charge in [0, 0.05) is 55.9 Å². The second-order valence-corrected chi connectivity index (χ2v) is 6.22. The van der Waals surface area contributed by atoms with Gasteiger partial charge < -0.3 is 15.2 Å². The van der Waals surface area contributed by atoms with E-state index in [0.717, 1.165) is 26.2 Å². The van der Waals surface area contributed by atoms with Crippen molar-refractivity contribution in [2.75, 3.05) is 39.9 Å². The number of nitrogens with zero attached hydrogens (tertiary/aromatic N) is 1. The number of aliphatic hydroxyl groups excluding tert-OH is 1. The predicted molar refractivity (Wildman–Crippen MR) is 81.0 cm³/mol. The lowest BCUT2D eigenvalue weighted by Crippen LogP contribution is -2.49. The molecule has 118 valence electrons. The first kappa shape index (κ1) is 16.2. The van der Waals surface area contributed by atoms with E-state index in [-0.39, 0.29) is 18.5 Å². The Morgan fingerprint density at radius 2 is 2.05 bits per heavy atom. The highest BCUT2D eigenvalue weighted by molar-refractivity contribution is 5.32. The van der Waals surface area contributed by atoms with Crippen molar-refractivity contribution in [1.82, 2.24) is 10.2 Å². The van der Waals surface area contributed by atoms with Crippen LogP contribution in [0.3, 0.4) is 0 Å². The highest BCUT2D eigenvalue weighted by atomic mass is 19.1. The molecule has 2 N–H and O–H groups in total. The van der Waals surface area contributed by atoms with Gasteiger partial charge in [0.2, 0.25) is 0 Å². The number of halogens is 1. The summed E-state index contributed by atoms with van der Waals surface area (Å²) in [4.78, 5) is 2.25. The van der Waals surface area contributed by atoms with Crippen molar-refractivity contribution in [2.45, 2.75) is 19.9 Å². The molecule has 0 aromatic heterocycles. The second kappa shape index (κ2) is 6.73. The van der Waals surface area contributed by atoms with Crippen LogP contribution in [0.4, 0.5) is 4.39 Å². The van der Waals surface area contributed by atoms with Crippen molar-refractivity contribution >= 4 is 0 Å². The molecule has 4 nitrogen and oxygen atoms in total. The summed E-state index contributed by atoms with van der Waals surface area (Å²) in [6, 6.07) is 4.81. The lowest BCUT2D eigenvalue weighted by Gasteiger charge is -2.43. The van der Waals surface area contributed by atoms with Crippen LogP contribution < -0.4 is 10.1 Å². The zero-order valence-electron chi connectivity index (χ0n) is 13.0. The standard InChI is InChI=1S/C16H25FN2O2/c1-16(2,11-20)15(19-8-6-18-7-9-19)13-5-4-12(21-3)10-14(13)17/h4-5,10,15,18,20H,6-9,11H2,1-3H3/t15-/m0/s1. The number of nitrogens with one attached hydrogen (secondary N) is 1. The fourth-order valence-electron chi connectivity index (χ4n) is 3.00. The average Bonchev–Trinajstić information content (AvgIpc) is 2.50. The highest BCUT2D eigenvalue weighted by Gasteiger charge is 2.37. The third-order valence-electron chi connectivity index (χ3n) is 4.17. The maximum absolute atomic E-state index is 14.5. The lowest BCUT2D eigenvalue weighted by atomic mass is 9.79. The third kappa shape index (κ3) is 3.54. The minimum absolute atomic E-state index is 0.00701. The van der Waals surface area contributed by atoms with Crippen LogP contribution in [0.5, 0.6) is 5.75 Å². The molecule has 1 saturated heterocycles. The maximum atomic E-state index is 14.5. The SMILES string of the molecule is COc1ccc([C@H](N2CCNCC2)C(C)(C)CO)c(F)c1. The monoisotopic (exact) mass is 296 g/mol. The highest BCUT2D eigenvalue weighted by Crippen LogP contribution is 2.40. The number of benzene rings is 1. The molecule has 1 aliphatic rings. The van der Waals surface area contributed by atoms with Crippen LogP contribution in [-0.4, -0.2) is 49.9 Å². The van der Waals surface area contributed by atoms with Gasteiger partial charge in [-0.15, -0.1) is 0 Å². The summed E-state index contributed by atoms with van der Waals surface area (Å²) < 4.78 is 19.6. The van der Waals surface area contributed by atoms with Crippen LogP contribution in [0, 0.1) is 11.2 Å². The molecule has 0 bridgehead atoms. The van der Waals surface area contributed by atoms with E-state index in [0.29, 0.717) is 11.3 Å². The molecule has 0 saturated carbocycles. The maximum Gasteiger partial charge on any atom is 0.131 e. The lowest BCUT2D eigenvalue weighted by molar-refractivity contribution is 0.0286. The molecular weight excluding hydrogens is 271 g/mol. The number of ether oxygens (including phenoxy) is 1. The summed E-state index contributed by atoms with van der Waals surface area (Å²) in [5.74, 6) is 0.233. The van der Waals surface area contributed by atoms with Crippen molar-refractivity contribution in [3.8, 4) is 5.75 Å². The Bertz CT molecular complexity index is 473. The fourth-order valence-corrected chi connectivity index (χ4v) is 3.00. The summed E-state index contributed by atoms with van der Waals surface area (Å²) in [5.41, 5.74) is 0.198. The molecular formula is C16H25FN2O2. The van der Waals surface area contributed by atoms with Gasteiger partial charge in [-0.25, -0.2) is 4.39 Å². The average molecular weight is 296 g/mol. The van der Waals surface area contributed by atoms with Crippen molar-refractivity contribution in [3.63, 3.8) is 0 Å². The Hall–Kier alpha value is -1.17. The second-order valence-electron chi connectivity index (χ2n) is 6.22. The number of aliphatic hydroxyl groups is 1. The topological polar surface area (TPSA) is 44.7 Å². The Balaban J connectivity index is 2.39. The van der Waals surface area contributed by atoms with Gasteiger partial charge in [0.05, 0.1) is 7.11 Å². The molecule has 1 fully saturated rings. The Morgan fingerprint density at radius 3 is 2.57 bits per heavy atom. The van der Waals surface area contributed by atoms with Crippen molar-refractivity contribution in [2.24, 2.45) is 5.41 Å². The van der Waals surface area contributed by atoms with Gasteiger partial charge in [0.15, 0.2) is 0 Å². The molecule has 0 radical (unpaired) electrons. The van der Waals surface area contributed by atoms with Gasteiger partial charge in [-0.1, -0.05) is 19.9 Å². The summed E-state index contributed by atoms with van der Waals surface area (Å²) in [6.07, 6.45) is 0. The molecule has 1 aliphatic heterocycles.